The Hall–Kier alpha value is -1.17. The Balaban J connectivity index is 2.64. The molecule has 0 aliphatic rings. The van der Waals surface area contributed by atoms with Crippen molar-refractivity contribution in [2.75, 3.05) is 6.54 Å². The molecule has 0 spiro atoms. The summed E-state index contributed by atoms with van der Waals surface area (Å²) in [6.45, 7) is 2.47. The molecule has 94 valence electrons. The molecule has 1 aromatic carbocycles. The van der Waals surface area contributed by atoms with E-state index in [0.29, 0.717) is 12.1 Å². The van der Waals surface area contributed by atoms with Crippen molar-refractivity contribution in [2.24, 2.45) is 0 Å². The molecular weight excluding hydrogens is 251 g/mol. The summed E-state index contributed by atoms with van der Waals surface area (Å²) >= 11 is -0.193. The van der Waals surface area contributed by atoms with Crippen LogP contribution < -0.4 is 5.32 Å². The van der Waals surface area contributed by atoms with Crippen molar-refractivity contribution >= 4 is 17.7 Å². The smallest absolute Gasteiger partial charge is 0.352 e. The van der Waals surface area contributed by atoms with Crippen LogP contribution in [0.3, 0.4) is 0 Å². The van der Waals surface area contributed by atoms with E-state index in [2.05, 4.69) is 5.32 Å². The molecule has 0 fully saturated rings. The Kier molecular flexibility index (Phi) is 4.86. The maximum atomic E-state index is 12.1. The molecule has 0 aromatic heterocycles. The highest BCUT2D eigenvalue weighted by atomic mass is 32.2. The first-order valence-electron chi connectivity index (χ1n) is 5.06. The molecule has 0 unspecified atom stereocenters. The maximum Gasteiger partial charge on any atom is 0.446 e. The average molecular weight is 263 g/mol. The van der Waals surface area contributed by atoms with Crippen molar-refractivity contribution in [3.05, 3.63) is 29.8 Å². The van der Waals surface area contributed by atoms with Crippen LogP contribution in [-0.2, 0) is 0 Å². The normalized spacial score (nSPS) is 11.3. The number of rotatable bonds is 4. The number of carbonyl (C=O) groups is 1. The zero-order valence-electron chi connectivity index (χ0n) is 9.17. The standard InChI is InChI=1S/C11H12F3NOS/c1-2-7-15-10(16)8-3-5-9(6-4-8)17-11(12,13)14/h3-6H,2,7H2,1H3,(H,15,16). The quantitative estimate of drug-likeness (QED) is 0.843. The number of thioether (sulfide) groups is 1. The lowest BCUT2D eigenvalue weighted by molar-refractivity contribution is -0.0328. The summed E-state index contributed by atoms with van der Waals surface area (Å²) in [5.41, 5.74) is -3.93. The molecule has 1 rings (SSSR count). The topological polar surface area (TPSA) is 29.1 Å². The predicted molar refractivity (Wildman–Crippen MR) is 61.0 cm³/mol. The monoisotopic (exact) mass is 263 g/mol. The molecule has 2 nitrogen and oxygen atoms in total. The second-order valence-corrected chi connectivity index (χ2v) is 4.47. The van der Waals surface area contributed by atoms with E-state index in [-0.39, 0.29) is 22.6 Å². The van der Waals surface area contributed by atoms with Crippen molar-refractivity contribution in [3.63, 3.8) is 0 Å². The third kappa shape index (κ3) is 5.12. The van der Waals surface area contributed by atoms with Gasteiger partial charge >= 0.3 is 5.51 Å². The molecule has 17 heavy (non-hydrogen) atoms. The summed E-state index contributed by atoms with van der Waals surface area (Å²) in [4.78, 5) is 11.5. The van der Waals surface area contributed by atoms with Gasteiger partial charge in [-0.1, -0.05) is 6.92 Å². The minimum Gasteiger partial charge on any atom is -0.352 e. The van der Waals surface area contributed by atoms with Gasteiger partial charge in [0.15, 0.2) is 0 Å². The molecule has 0 aliphatic carbocycles. The van der Waals surface area contributed by atoms with E-state index in [1.165, 1.54) is 24.3 Å². The second kappa shape index (κ2) is 5.95. The molecule has 0 bridgehead atoms. The van der Waals surface area contributed by atoms with Crippen LogP contribution in [-0.4, -0.2) is 18.0 Å². The molecule has 0 atom stereocenters. The van der Waals surface area contributed by atoms with Gasteiger partial charge in [0.05, 0.1) is 0 Å². The third-order valence-electron chi connectivity index (χ3n) is 1.89. The molecule has 0 heterocycles. The van der Waals surface area contributed by atoms with Crippen LogP contribution in [0.5, 0.6) is 0 Å². The molecule has 1 N–H and O–H groups in total. The van der Waals surface area contributed by atoms with E-state index in [1.807, 2.05) is 6.92 Å². The van der Waals surface area contributed by atoms with Crippen LogP contribution in [0.2, 0.25) is 0 Å². The van der Waals surface area contributed by atoms with Gasteiger partial charge in [-0.25, -0.2) is 0 Å². The summed E-state index contributed by atoms with van der Waals surface area (Å²) < 4.78 is 36.2. The number of benzene rings is 1. The predicted octanol–water partition coefficient (Wildman–Crippen LogP) is 3.44. The minimum atomic E-state index is -4.30. The molecule has 6 heteroatoms. The number of nitrogens with one attached hydrogen (secondary N) is 1. The van der Waals surface area contributed by atoms with Crippen molar-refractivity contribution in [2.45, 2.75) is 23.7 Å². The fourth-order valence-electron chi connectivity index (χ4n) is 1.15. The lowest BCUT2D eigenvalue weighted by atomic mass is 10.2. The molecule has 1 amide bonds. The van der Waals surface area contributed by atoms with Gasteiger partial charge in [0.2, 0.25) is 0 Å². The van der Waals surface area contributed by atoms with Gasteiger partial charge in [-0.3, -0.25) is 4.79 Å². The zero-order valence-corrected chi connectivity index (χ0v) is 9.99. The van der Waals surface area contributed by atoms with E-state index in [4.69, 9.17) is 0 Å². The Labute approximate surface area is 102 Å². The molecule has 1 aromatic rings. The lowest BCUT2D eigenvalue weighted by Gasteiger charge is -2.06. The largest absolute Gasteiger partial charge is 0.446 e. The van der Waals surface area contributed by atoms with Gasteiger partial charge in [-0.15, -0.1) is 0 Å². The van der Waals surface area contributed by atoms with Crippen molar-refractivity contribution < 1.29 is 18.0 Å². The van der Waals surface area contributed by atoms with Gasteiger partial charge in [0.25, 0.3) is 5.91 Å². The first kappa shape index (κ1) is 13.9. The summed E-state index contributed by atoms with van der Waals surface area (Å²) in [5, 5.41) is 2.65. The fraction of sp³-hybridized carbons (Fsp3) is 0.364. The van der Waals surface area contributed by atoms with Gasteiger partial charge < -0.3 is 5.32 Å². The van der Waals surface area contributed by atoms with Crippen molar-refractivity contribution in [1.29, 1.82) is 0 Å². The summed E-state index contributed by atoms with van der Waals surface area (Å²) in [6.07, 6.45) is 0.813. The van der Waals surface area contributed by atoms with Crippen LogP contribution in [0.1, 0.15) is 23.7 Å². The van der Waals surface area contributed by atoms with Crippen LogP contribution in [0.15, 0.2) is 29.2 Å². The Bertz CT molecular complexity index is 375. The maximum absolute atomic E-state index is 12.1. The van der Waals surface area contributed by atoms with E-state index in [9.17, 15) is 18.0 Å². The van der Waals surface area contributed by atoms with Gasteiger partial charge in [0.1, 0.15) is 0 Å². The van der Waals surface area contributed by atoms with Gasteiger partial charge in [-0.05, 0) is 42.4 Å². The van der Waals surface area contributed by atoms with E-state index in [1.54, 1.807) is 0 Å². The second-order valence-electron chi connectivity index (χ2n) is 3.33. The molecule has 0 radical (unpaired) electrons. The average Bonchev–Trinajstić information content (AvgIpc) is 2.24. The van der Waals surface area contributed by atoms with Crippen molar-refractivity contribution in [1.82, 2.24) is 5.32 Å². The van der Waals surface area contributed by atoms with Crippen molar-refractivity contribution in [3.8, 4) is 0 Å². The highest BCUT2D eigenvalue weighted by molar-refractivity contribution is 8.00. The molecule has 0 aliphatic heterocycles. The SMILES string of the molecule is CCCNC(=O)c1ccc(SC(F)(F)F)cc1. The molecular formula is C11H12F3NOS. The van der Waals surface area contributed by atoms with Crippen LogP contribution in [0, 0.1) is 0 Å². The number of carbonyl (C=O) groups excluding carboxylic acids is 1. The number of amides is 1. The summed E-state index contributed by atoms with van der Waals surface area (Å²) in [5.74, 6) is -0.268. The number of halogens is 3. The van der Waals surface area contributed by atoms with E-state index >= 15 is 0 Å². The highest BCUT2D eigenvalue weighted by Gasteiger charge is 2.29. The first-order chi connectivity index (χ1) is 7.92. The number of hydrogen-bond donors (Lipinski definition) is 1. The Morgan fingerprint density at radius 2 is 1.88 bits per heavy atom. The number of alkyl halides is 3. The Morgan fingerprint density at radius 3 is 2.35 bits per heavy atom. The third-order valence-corrected chi connectivity index (χ3v) is 2.62. The first-order valence-corrected chi connectivity index (χ1v) is 5.88. The highest BCUT2D eigenvalue weighted by Crippen LogP contribution is 2.36. The Morgan fingerprint density at radius 1 is 1.29 bits per heavy atom. The van der Waals surface area contributed by atoms with Gasteiger partial charge in [0, 0.05) is 17.0 Å². The molecule has 0 saturated carbocycles. The summed E-state index contributed by atoms with van der Waals surface area (Å²) in [7, 11) is 0. The minimum absolute atomic E-state index is 0.0736. The van der Waals surface area contributed by atoms with E-state index in [0.717, 1.165) is 6.42 Å². The number of hydrogen-bond acceptors (Lipinski definition) is 2. The van der Waals surface area contributed by atoms with Crippen LogP contribution in [0.4, 0.5) is 13.2 Å². The van der Waals surface area contributed by atoms with Gasteiger partial charge in [-0.2, -0.15) is 13.2 Å². The lowest BCUT2D eigenvalue weighted by Crippen LogP contribution is -2.23. The summed E-state index contributed by atoms with van der Waals surface area (Å²) in [6, 6.07) is 5.36. The zero-order chi connectivity index (χ0) is 12.9. The fourth-order valence-corrected chi connectivity index (χ4v) is 1.69. The van der Waals surface area contributed by atoms with E-state index < -0.39 is 5.51 Å². The molecule has 0 saturated heterocycles. The van der Waals surface area contributed by atoms with Crippen LogP contribution in [0.25, 0.3) is 0 Å². The van der Waals surface area contributed by atoms with Crippen LogP contribution >= 0.6 is 11.8 Å².